The Labute approximate surface area is 125 Å². The summed E-state index contributed by atoms with van der Waals surface area (Å²) < 4.78 is 36.0. The maximum Gasteiger partial charge on any atom is 0.321 e. The number of nitrogens with zero attached hydrogens (tertiary/aromatic N) is 1. The van der Waals surface area contributed by atoms with E-state index in [1.54, 1.807) is 26.0 Å². The van der Waals surface area contributed by atoms with Gasteiger partial charge in [0.1, 0.15) is 12.3 Å². The van der Waals surface area contributed by atoms with Crippen molar-refractivity contribution in [2.45, 2.75) is 25.7 Å². The van der Waals surface area contributed by atoms with Gasteiger partial charge in [0.15, 0.2) is 0 Å². The maximum absolute atomic E-state index is 12.5. The molecule has 0 N–H and O–H groups in total. The monoisotopic (exact) mass is 315 g/mol. The molecule has 0 fully saturated rings. The van der Waals surface area contributed by atoms with Crippen molar-refractivity contribution in [2.75, 3.05) is 26.8 Å². The number of rotatable bonds is 7. The van der Waals surface area contributed by atoms with Crippen molar-refractivity contribution in [3.8, 4) is 5.75 Å². The zero-order valence-electron chi connectivity index (χ0n) is 12.8. The van der Waals surface area contributed by atoms with E-state index in [0.29, 0.717) is 12.4 Å². The smallest absolute Gasteiger partial charge is 0.321 e. The predicted molar refractivity (Wildman–Crippen MR) is 78.8 cm³/mol. The fourth-order valence-electron chi connectivity index (χ4n) is 1.82. The Bertz CT molecular complexity index is 597. The van der Waals surface area contributed by atoms with E-state index >= 15 is 0 Å². The highest BCUT2D eigenvalue weighted by Crippen LogP contribution is 2.24. The van der Waals surface area contributed by atoms with Crippen LogP contribution in [0.3, 0.4) is 0 Å². The van der Waals surface area contributed by atoms with Crippen LogP contribution in [0, 0.1) is 6.92 Å². The molecule has 0 aromatic heterocycles. The average molecular weight is 315 g/mol. The SMILES string of the molecule is CCOc1ccc(S(=O)(=O)N(CC)CC(=O)OC)cc1C. The van der Waals surface area contributed by atoms with Crippen LogP contribution in [-0.4, -0.2) is 45.5 Å². The van der Waals surface area contributed by atoms with Gasteiger partial charge in [-0.25, -0.2) is 8.42 Å². The second-order valence-corrected chi connectivity index (χ2v) is 6.31. The van der Waals surface area contributed by atoms with Crippen LogP contribution in [0.4, 0.5) is 0 Å². The number of aryl methyl sites for hydroxylation is 1. The molecular formula is C14H21NO5S. The maximum atomic E-state index is 12.5. The Kier molecular flexibility index (Phi) is 6.17. The molecule has 0 radical (unpaired) electrons. The van der Waals surface area contributed by atoms with E-state index in [2.05, 4.69) is 4.74 Å². The first-order chi connectivity index (χ1) is 9.86. The standard InChI is InChI=1S/C14H21NO5S/c1-5-15(10-14(16)19-4)21(17,18)12-7-8-13(20-6-2)11(3)9-12/h7-9H,5-6,10H2,1-4H3. The fraction of sp³-hybridized carbons (Fsp3) is 0.500. The number of hydrogen-bond acceptors (Lipinski definition) is 5. The third-order valence-corrected chi connectivity index (χ3v) is 4.89. The van der Waals surface area contributed by atoms with Gasteiger partial charge in [-0.3, -0.25) is 4.79 Å². The molecule has 0 amide bonds. The van der Waals surface area contributed by atoms with E-state index in [0.717, 1.165) is 9.87 Å². The third kappa shape index (κ3) is 4.18. The first-order valence-electron chi connectivity index (χ1n) is 6.67. The van der Waals surface area contributed by atoms with E-state index < -0.39 is 16.0 Å². The lowest BCUT2D eigenvalue weighted by Crippen LogP contribution is -2.36. The second kappa shape index (κ2) is 7.42. The van der Waals surface area contributed by atoms with Gasteiger partial charge in [-0.15, -0.1) is 0 Å². The Balaban J connectivity index is 3.11. The van der Waals surface area contributed by atoms with Crippen molar-refractivity contribution >= 4 is 16.0 Å². The minimum Gasteiger partial charge on any atom is -0.494 e. The number of benzene rings is 1. The molecule has 6 nitrogen and oxygen atoms in total. The van der Waals surface area contributed by atoms with Crippen LogP contribution in [0.15, 0.2) is 23.1 Å². The number of methoxy groups -OCH3 is 1. The number of carbonyl (C=O) groups is 1. The molecule has 0 aliphatic carbocycles. The van der Waals surface area contributed by atoms with Crippen molar-refractivity contribution in [1.82, 2.24) is 4.31 Å². The normalized spacial score (nSPS) is 11.5. The molecule has 1 aromatic rings. The summed E-state index contributed by atoms with van der Waals surface area (Å²) in [6.07, 6.45) is 0. The van der Waals surface area contributed by atoms with Gasteiger partial charge in [0.05, 0.1) is 18.6 Å². The minimum atomic E-state index is -3.73. The van der Waals surface area contributed by atoms with Gasteiger partial charge in [0.25, 0.3) is 0 Å². The predicted octanol–water partition coefficient (Wildman–Crippen LogP) is 1.58. The zero-order chi connectivity index (χ0) is 16.0. The summed E-state index contributed by atoms with van der Waals surface area (Å²) in [5.41, 5.74) is 0.729. The molecule has 1 rings (SSSR count). The molecular weight excluding hydrogens is 294 g/mol. The van der Waals surface area contributed by atoms with E-state index in [4.69, 9.17) is 4.74 Å². The fourth-order valence-corrected chi connectivity index (χ4v) is 3.30. The van der Waals surface area contributed by atoms with E-state index in [1.807, 2.05) is 6.92 Å². The topological polar surface area (TPSA) is 72.9 Å². The van der Waals surface area contributed by atoms with Gasteiger partial charge in [0, 0.05) is 6.54 Å². The number of likely N-dealkylation sites (N-methyl/N-ethyl adjacent to an activating group) is 1. The molecule has 0 spiro atoms. The molecule has 0 bridgehead atoms. The van der Waals surface area contributed by atoms with Gasteiger partial charge >= 0.3 is 5.97 Å². The average Bonchev–Trinajstić information content (AvgIpc) is 2.46. The van der Waals surface area contributed by atoms with E-state index in [1.165, 1.54) is 13.2 Å². The van der Waals surface area contributed by atoms with Crippen LogP contribution in [0.25, 0.3) is 0 Å². The summed E-state index contributed by atoms with van der Waals surface area (Å²) >= 11 is 0. The molecule has 1 aromatic carbocycles. The van der Waals surface area contributed by atoms with Crippen LogP contribution in [0.5, 0.6) is 5.75 Å². The van der Waals surface area contributed by atoms with Crippen molar-refractivity contribution in [1.29, 1.82) is 0 Å². The lowest BCUT2D eigenvalue weighted by molar-refractivity contribution is -0.140. The Morgan fingerprint density at radius 3 is 2.43 bits per heavy atom. The first-order valence-corrected chi connectivity index (χ1v) is 8.11. The van der Waals surface area contributed by atoms with E-state index in [-0.39, 0.29) is 18.0 Å². The summed E-state index contributed by atoms with van der Waals surface area (Å²) in [6, 6.07) is 4.64. The molecule has 0 saturated carbocycles. The van der Waals surface area contributed by atoms with Crippen LogP contribution >= 0.6 is 0 Å². The molecule has 0 aliphatic rings. The summed E-state index contributed by atoms with van der Waals surface area (Å²) in [5, 5.41) is 0. The summed E-state index contributed by atoms with van der Waals surface area (Å²) in [6.45, 7) is 5.70. The van der Waals surface area contributed by atoms with Crippen molar-refractivity contribution in [2.24, 2.45) is 0 Å². The van der Waals surface area contributed by atoms with Crippen molar-refractivity contribution in [3.63, 3.8) is 0 Å². The number of esters is 1. The molecule has 118 valence electrons. The number of hydrogen-bond donors (Lipinski definition) is 0. The quantitative estimate of drug-likeness (QED) is 0.714. The van der Waals surface area contributed by atoms with Gasteiger partial charge in [-0.1, -0.05) is 6.92 Å². The summed E-state index contributed by atoms with van der Waals surface area (Å²) in [7, 11) is -2.51. The van der Waals surface area contributed by atoms with Crippen LogP contribution < -0.4 is 4.74 Å². The number of sulfonamides is 1. The highest BCUT2D eigenvalue weighted by Gasteiger charge is 2.26. The van der Waals surface area contributed by atoms with Crippen LogP contribution in [0.2, 0.25) is 0 Å². The van der Waals surface area contributed by atoms with Crippen molar-refractivity contribution < 1.29 is 22.7 Å². The summed E-state index contributed by atoms with van der Waals surface area (Å²) in [5.74, 6) is 0.0514. The molecule has 0 atom stereocenters. The van der Waals surface area contributed by atoms with Crippen LogP contribution in [0.1, 0.15) is 19.4 Å². The first kappa shape index (κ1) is 17.5. The minimum absolute atomic E-state index is 0.134. The van der Waals surface area contributed by atoms with Gasteiger partial charge in [0.2, 0.25) is 10.0 Å². The lowest BCUT2D eigenvalue weighted by atomic mass is 10.2. The Morgan fingerprint density at radius 2 is 1.95 bits per heavy atom. The molecule has 7 heteroatoms. The largest absolute Gasteiger partial charge is 0.494 e. The number of ether oxygens (including phenoxy) is 2. The van der Waals surface area contributed by atoms with Gasteiger partial charge < -0.3 is 9.47 Å². The number of carbonyl (C=O) groups excluding carboxylic acids is 1. The molecule has 0 heterocycles. The highest BCUT2D eigenvalue weighted by atomic mass is 32.2. The molecule has 0 aliphatic heterocycles. The van der Waals surface area contributed by atoms with E-state index in [9.17, 15) is 13.2 Å². The molecule has 21 heavy (non-hydrogen) atoms. The lowest BCUT2D eigenvalue weighted by Gasteiger charge is -2.19. The third-order valence-electron chi connectivity index (χ3n) is 2.97. The molecule has 0 unspecified atom stereocenters. The zero-order valence-corrected chi connectivity index (χ0v) is 13.6. The Morgan fingerprint density at radius 1 is 1.29 bits per heavy atom. The van der Waals surface area contributed by atoms with Crippen LogP contribution in [-0.2, 0) is 19.6 Å². The highest BCUT2D eigenvalue weighted by molar-refractivity contribution is 7.89. The van der Waals surface area contributed by atoms with Gasteiger partial charge in [-0.05, 0) is 37.6 Å². The molecule has 0 saturated heterocycles. The summed E-state index contributed by atoms with van der Waals surface area (Å²) in [4.78, 5) is 11.5. The van der Waals surface area contributed by atoms with Crippen molar-refractivity contribution in [3.05, 3.63) is 23.8 Å². The second-order valence-electron chi connectivity index (χ2n) is 4.37. The van der Waals surface area contributed by atoms with Gasteiger partial charge in [-0.2, -0.15) is 4.31 Å². The Hall–Kier alpha value is -1.60.